The summed E-state index contributed by atoms with van der Waals surface area (Å²) in [6, 6.07) is 7.74. The highest BCUT2D eigenvalue weighted by molar-refractivity contribution is 5.52. The van der Waals surface area contributed by atoms with Crippen molar-refractivity contribution in [1.82, 2.24) is 24.9 Å². The Hall–Kier alpha value is -3.09. The lowest BCUT2D eigenvalue weighted by atomic mass is 10.1. The number of hydrogen-bond acceptors (Lipinski definition) is 7. The van der Waals surface area contributed by atoms with Gasteiger partial charge < -0.3 is 10.2 Å². The molecule has 4 rings (SSSR count). The highest BCUT2D eigenvalue weighted by Gasteiger charge is 2.26. The first-order valence-corrected chi connectivity index (χ1v) is 8.33. The van der Waals surface area contributed by atoms with Gasteiger partial charge in [-0.1, -0.05) is 6.07 Å². The molecule has 1 saturated heterocycles. The monoisotopic (exact) mass is 333 g/mol. The van der Waals surface area contributed by atoms with Gasteiger partial charge in [0.25, 0.3) is 0 Å². The van der Waals surface area contributed by atoms with Crippen LogP contribution in [-0.4, -0.2) is 38.0 Å². The van der Waals surface area contributed by atoms with Crippen LogP contribution < -0.4 is 10.2 Å². The van der Waals surface area contributed by atoms with Crippen LogP contribution >= 0.6 is 0 Å². The second-order valence-electron chi connectivity index (χ2n) is 6.08. The molecule has 0 radical (unpaired) electrons. The molecule has 0 unspecified atom stereocenters. The predicted molar refractivity (Wildman–Crippen MR) is 95.9 cm³/mol. The molecule has 7 heteroatoms. The topological polar surface area (TPSA) is 79.7 Å². The Morgan fingerprint density at radius 1 is 1.00 bits per heavy atom. The first-order chi connectivity index (χ1) is 12.3. The van der Waals surface area contributed by atoms with Crippen LogP contribution in [0.2, 0.25) is 0 Å². The van der Waals surface area contributed by atoms with Crippen molar-refractivity contribution in [2.75, 3.05) is 23.3 Å². The van der Waals surface area contributed by atoms with E-state index in [1.165, 1.54) is 0 Å². The maximum Gasteiger partial charge on any atom is 0.228 e. The van der Waals surface area contributed by atoms with E-state index in [-0.39, 0.29) is 0 Å². The van der Waals surface area contributed by atoms with Gasteiger partial charge in [0.2, 0.25) is 11.9 Å². The molecule has 3 aromatic rings. The first-order valence-electron chi connectivity index (χ1n) is 8.33. The second-order valence-corrected chi connectivity index (χ2v) is 6.08. The molecule has 1 fully saturated rings. The van der Waals surface area contributed by atoms with Crippen LogP contribution in [0.1, 0.15) is 23.6 Å². The Labute approximate surface area is 146 Å². The lowest BCUT2D eigenvalue weighted by Crippen LogP contribution is -2.21. The molecule has 1 N–H and O–H groups in total. The van der Waals surface area contributed by atoms with Gasteiger partial charge in [-0.05, 0) is 37.1 Å². The minimum atomic E-state index is 0.345. The Morgan fingerprint density at radius 3 is 2.68 bits per heavy atom. The number of anilines is 3. The third-order valence-corrected chi connectivity index (χ3v) is 4.36. The fourth-order valence-electron chi connectivity index (χ4n) is 3.02. The third-order valence-electron chi connectivity index (χ3n) is 4.36. The number of nitrogens with zero attached hydrogens (tertiary/aromatic N) is 6. The van der Waals surface area contributed by atoms with Gasteiger partial charge in [-0.25, -0.2) is 24.9 Å². The van der Waals surface area contributed by atoms with E-state index in [9.17, 15) is 0 Å². The van der Waals surface area contributed by atoms with E-state index in [4.69, 9.17) is 0 Å². The SMILES string of the molecule is Cc1cccnc1Nc1nccc([C@@H]2CCN(c3ncccn3)C2)n1. The van der Waals surface area contributed by atoms with Crippen molar-refractivity contribution in [2.24, 2.45) is 0 Å². The van der Waals surface area contributed by atoms with E-state index in [0.717, 1.165) is 42.5 Å². The molecule has 25 heavy (non-hydrogen) atoms. The summed E-state index contributed by atoms with van der Waals surface area (Å²) in [5.74, 6) is 2.48. The standard InChI is InChI=1S/C18H19N7/c1-13-4-2-7-19-16(13)24-17-20-10-5-15(23-17)14-6-11-25(12-14)18-21-8-3-9-22-18/h2-5,7-10,14H,6,11-12H2,1H3,(H,19,20,23,24)/t14-/m1/s1. The summed E-state index contributed by atoms with van der Waals surface area (Å²) in [7, 11) is 0. The molecule has 0 bridgehead atoms. The normalized spacial score (nSPS) is 16.8. The van der Waals surface area contributed by atoms with Crippen LogP contribution in [0.15, 0.2) is 49.1 Å². The van der Waals surface area contributed by atoms with E-state index in [1.54, 1.807) is 24.8 Å². The molecule has 1 atom stereocenters. The molecule has 3 aromatic heterocycles. The summed E-state index contributed by atoms with van der Waals surface area (Å²) in [6.07, 6.45) is 8.13. The number of nitrogens with one attached hydrogen (secondary N) is 1. The lowest BCUT2D eigenvalue weighted by Gasteiger charge is -2.16. The fourth-order valence-corrected chi connectivity index (χ4v) is 3.02. The smallest absolute Gasteiger partial charge is 0.228 e. The molecular formula is C18H19N7. The maximum absolute atomic E-state index is 4.69. The minimum Gasteiger partial charge on any atom is -0.340 e. The zero-order chi connectivity index (χ0) is 17.1. The molecule has 4 heterocycles. The molecule has 0 spiro atoms. The summed E-state index contributed by atoms with van der Waals surface area (Å²) in [5.41, 5.74) is 2.09. The number of rotatable bonds is 4. The summed E-state index contributed by atoms with van der Waals surface area (Å²) >= 11 is 0. The molecule has 1 aliphatic heterocycles. The van der Waals surface area contributed by atoms with Gasteiger partial charge in [0.05, 0.1) is 5.69 Å². The number of pyridine rings is 1. The van der Waals surface area contributed by atoms with Crippen molar-refractivity contribution in [2.45, 2.75) is 19.3 Å². The first kappa shape index (κ1) is 15.4. The molecule has 126 valence electrons. The molecular weight excluding hydrogens is 314 g/mol. The maximum atomic E-state index is 4.69. The van der Waals surface area contributed by atoms with Crippen molar-refractivity contribution in [1.29, 1.82) is 0 Å². The van der Waals surface area contributed by atoms with Crippen molar-refractivity contribution in [3.63, 3.8) is 0 Å². The van der Waals surface area contributed by atoms with Crippen LogP contribution in [0.25, 0.3) is 0 Å². The number of aromatic nitrogens is 5. The summed E-state index contributed by atoms with van der Waals surface area (Å²) in [5, 5.41) is 3.21. The van der Waals surface area contributed by atoms with Gasteiger partial charge in [-0.3, -0.25) is 0 Å². The molecule has 0 amide bonds. The van der Waals surface area contributed by atoms with Crippen LogP contribution in [0.3, 0.4) is 0 Å². The highest BCUT2D eigenvalue weighted by Crippen LogP contribution is 2.28. The van der Waals surface area contributed by atoms with E-state index in [1.807, 2.05) is 31.2 Å². The van der Waals surface area contributed by atoms with E-state index < -0.39 is 0 Å². The Balaban J connectivity index is 1.50. The summed E-state index contributed by atoms with van der Waals surface area (Å²) < 4.78 is 0. The predicted octanol–water partition coefficient (Wildman–Crippen LogP) is 2.71. The van der Waals surface area contributed by atoms with Crippen molar-refractivity contribution < 1.29 is 0 Å². The van der Waals surface area contributed by atoms with Crippen LogP contribution in [0, 0.1) is 6.92 Å². The van der Waals surface area contributed by atoms with Gasteiger partial charge in [-0.2, -0.15) is 0 Å². The Morgan fingerprint density at radius 2 is 1.84 bits per heavy atom. The van der Waals surface area contributed by atoms with E-state index >= 15 is 0 Å². The Bertz CT molecular complexity index is 853. The third kappa shape index (κ3) is 3.40. The van der Waals surface area contributed by atoms with Gasteiger partial charge in [0.1, 0.15) is 5.82 Å². The van der Waals surface area contributed by atoms with Gasteiger partial charge in [0, 0.05) is 43.8 Å². The van der Waals surface area contributed by atoms with Crippen LogP contribution in [0.4, 0.5) is 17.7 Å². The second kappa shape index (κ2) is 6.80. The van der Waals surface area contributed by atoms with Gasteiger partial charge in [0.15, 0.2) is 0 Å². The van der Waals surface area contributed by atoms with Gasteiger partial charge >= 0.3 is 0 Å². The lowest BCUT2D eigenvalue weighted by molar-refractivity contribution is 0.739. The Kier molecular flexibility index (Phi) is 4.20. The molecule has 7 nitrogen and oxygen atoms in total. The quantitative estimate of drug-likeness (QED) is 0.786. The van der Waals surface area contributed by atoms with Gasteiger partial charge in [-0.15, -0.1) is 0 Å². The average Bonchev–Trinajstić information content (AvgIpc) is 3.15. The molecule has 0 aliphatic carbocycles. The highest BCUT2D eigenvalue weighted by atomic mass is 15.3. The van der Waals surface area contributed by atoms with E-state index in [0.29, 0.717) is 11.9 Å². The average molecular weight is 333 g/mol. The fraction of sp³-hybridized carbons (Fsp3) is 0.278. The van der Waals surface area contributed by atoms with Crippen molar-refractivity contribution in [3.8, 4) is 0 Å². The molecule has 0 saturated carbocycles. The van der Waals surface area contributed by atoms with E-state index in [2.05, 4.69) is 35.1 Å². The zero-order valence-electron chi connectivity index (χ0n) is 14.0. The van der Waals surface area contributed by atoms with Crippen molar-refractivity contribution in [3.05, 3.63) is 60.3 Å². The molecule has 0 aromatic carbocycles. The number of aryl methyl sites for hydroxylation is 1. The van der Waals surface area contributed by atoms with Crippen LogP contribution in [-0.2, 0) is 0 Å². The number of hydrogen-bond donors (Lipinski definition) is 1. The minimum absolute atomic E-state index is 0.345. The van der Waals surface area contributed by atoms with Crippen molar-refractivity contribution >= 4 is 17.7 Å². The zero-order valence-corrected chi connectivity index (χ0v) is 14.0. The van der Waals surface area contributed by atoms with Crippen LogP contribution in [0.5, 0.6) is 0 Å². The summed E-state index contributed by atoms with van der Waals surface area (Å²) in [4.78, 5) is 24.2. The summed E-state index contributed by atoms with van der Waals surface area (Å²) in [6.45, 7) is 3.80. The molecule has 1 aliphatic rings. The largest absolute Gasteiger partial charge is 0.340 e.